The first-order valence-electron chi connectivity index (χ1n) is 7.92. The van der Waals surface area contributed by atoms with Gasteiger partial charge in [-0.3, -0.25) is 4.90 Å². The summed E-state index contributed by atoms with van der Waals surface area (Å²) in [5, 5.41) is 0. The van der Waals surface area contributed by atoms with Crippen molar-refractivity contribution >= 4 is 26.9 Å². The molecule has 5 nitrogen and oxygen atoms in total. The second-order valence-electron chi connectivity index (χ2n) is 6.33. The number of carbonyl (C=O) groups is 1. The third-order valence-electron chi connectivity index (χ3n) is 4.29. The van der Waals surface area contributed by atoms with Gasteiger partial charge in [-0.1, -0.05) is 12.1 Å². The van der Waals surface area contributed by atoms with Crippen LogP contribution >= 0.6 is 11.6 Å². The Balaban J connectivity index is 2.12. The summed E-state index contributed by atoms with van der Waals surface area (Å²) in [4.78, 5) is 12.5. The Morgan fingerprint density at radius 1 is 1.42 bits per heavy atom. The van der Waals surface area contributed by atoms with Gasteiger partial charge >= 0.3 is 11.6 Å². The van der Waals surface area contributed by atoms with Crippen LogP contribution in [0.2, 0.25) is 0 Å². The minimum absolute atomic E-state index is 0.106. The van der Waals surface area contributed by atoms with Crippen molar-refractivity contribution in [3.63, 3.8) is 0 Å². The molecule has 1 aromatic carbocycles. The summed E-state index contributed by atoms with van der Waals surface area (Å²) in [6.45, 7) is 0.221. The summed E-state index contributed by atoms with van der Waals surface area (Å²) in [6.07, 6.45) is -4.53. The molecule has 0 saturated carbocycles. The zero-order valence-corrected chi connectivity index (χ0v) is 15.6. The molecular formula is C16H19ClF3NO4S. The Labute approximate surface area is 155 Å². The molecule has 2 atom stereocenters. The minimum Gasteiger partial charge on any atom is -0.439 e. The normalized spacial score (nSPS) is 20.6. The van der Waals surface area contributed by atoms with Crippen LogP contribution in [0.15, 0.2) is 29.2 Å². The van der Waals surface area contributed by atoms with Crippen LogP contribution in [0.5, 0.6) is 0 Å². The van der Waals surface area contributed by atoms with Crippen molar-refractivity contribution < 1.29 is 31.1 Å². The number of nitrogens with zero attached hydrogens (tertiary/aromatic N) is 1. The predicted molar refractivity (Wildman–Crippen MR) is 90.1 cm³/mol. The zero-order valence-electron chi connectivity index (χ0n) is 14.0. The first-order chi connectivity index (χ1) is 12.0. The molecule has 2 unspecified atom stereocenters. The highest BCUT2D eigenvalue weighted by atomic mass is 35.5. The molecule has 0 amide bonds. The van der Waals surface area contributed by atoms with Crippen LogP contribution in [0.1, 0.15) is 24.3 Å². The molecule has 0 aromatic heterocycles. The smallest absolute Gasteiger partial charge is 0.426 e. The van der Waals surface area contributed by atoms with Gasteiger partial charge in [0.1, 0.15) is 0 Å². The van der Waals surface area contributed by atoms with E-state index >= 15 is 0 Å². The molecular weight excluding hydrogens is 395 g/mol. The van der Waals surface area contributed by atoms with Gasteiger partial charge in [-0.2, -0.15) is 13.2 Å². The van der Waals surface area contributed by atoms with E-state index in [1.165, 1.54) is 6.07 Å². The molecule has 1 aliphatic rings. The molecule has 0 aliphatic carbocycles. The van der Waals surface area contributed by atoms with Gasteiger partial charge in [0, 0.05) is 30.9 Å². The maximum absolute atomic E-state index is 13.0. The van der Waals surface area contributed by atoms with Gasteiger partial charge in [0.05, 0.1) is 4.90 Å². The van der Waals surface area contributed by atoms with Crippen LogP contribution in [0.25, 0.3) is 0 Å². The van der Waals surface area contributed by atoms with Crippen molar-refractivity contribution in [2.75, 3.05) is 25.9 Å². The van der Waals surface area contributed by atoms with E-state index in [0.717, 1.165) is 18.2 Å². The molecule has 0 N–H and O–H groups in total. The van der Waals surface area contributed by atoms with Crippen molar-refractivity contribution in [3.8, 4) is 0 Å². The fraction of sp³-hybridized carbons (Fsp3) is 0.562. The van der Waals surface area contributed by atoms with Gasteiger partial charge in [-0.15, -0.1) is 0 Å². The Hall–Kier alpha value is -1.32. The van der Waals surface area contributed by atoms with Gasteiger partial charge < -0.3 is 4.74 Å². The molecule has 1 fully saturated rings. The largest absolute Gasteiger partial charge is 0.439 e. The lowest BCUT2D eigenvalue weighted by Crippen LogP contribution is -2.46. The Kier molecular flexibility index (Phi) is 6.57. The lowest BCUT2D eigenvalue weighted by Gasteiger charge is -2.35. The monoisotopic (exact) mass is 413 g/mol. The van der Waals surface area contributed by atoms with E-state index in [4.69, 9.17) is 11.6 Å². The third kappa shape index (κ3) is 5.85. The highest BCUT2D eigenvalue weighted by molar-refractivity contribution is 7.90. The van der Waals surface area contributed by atoms with Crippen molar-refractivity contribution in [2.45, 2.75) is 35.9 Å². The molecule has 0 radical (unpaired) electrons. The molecule has 1 heterocycles. The van der Waals surface area contributed by atoms with Crippen molar-refractivity contribution in [2.24, 2.45) is 0 Å². The van der Waals surface area contributed by atoms with E-state index in [1.54, 1.807) is 23.1 Å². The number of halogens is 4. The number of carbonyl (C=O) groups excluding carboxylic acids is 1. The molecule has 1 saturated heterocycles. The number of hydrogen-bond acceptors (Lipinski definition) is 5. The molecule has 146 valence electrons. The Morgan fingerprint density at radius 2 is 2.12 bits per heavy atom. The van der Waals surface area contributed by atoms with Gasteiger partial charge in [-0.05, 0) is 43.0 Å². The van der Waals surface area contributed by atoms with Gasteiger partial charge in [-0.25, -0.2) is 13.2 Å². The highest BCUT2D eigenvalue weighted by Crippen LogP contribution is 2.31. The van der Waals surface area contributed by atoms with Crippen LogP contribution in [-0.4, -0.2) is 56.9 Å². The average Bonchev–Trinajstić information content (AvgIpc) is 2.53. The number of sulfone groups is 1. The molecule has 1 aliphatic heterocycles. The highest BCUT2D eigenvalue weighted by Gasteiger charge is 2.44. The number of piperidine rings is 1. The summed E-state index contributed by atoms with van der Waals surface area (Å²) in [7, 11) is -3.36. The van der Waals surface area contributed by atoms with Gasteiger partial charge in [0.2, 0.25) is 6.10 Å². The lowest BCUT2D eigenvalue weighted by atomic mass is 9.90. The van der Waals surface area contributed by atoms with E-state index in [2.05, 4.69) is 4.74 Å². The number of rotatable bonds is 5. The molecule has 1 aromatic rings. The average molecular weight is 414 g/mol. The first-order valence-corrected chi connectivity index (χ1v) is 10.2. The quantitative estimate of drug-likeness (QED) is 0.690. The molecule has 26 heavy (non-hydrogen) atoms. The van der Waals surface area contributed by atoms with Crippen molar-refractivity contribution in [1.82, 2.24) is 4.90 Å². The van der Waals surface area contributed by atoms with E-state index in [1.807, 2.05) is 0 Å². The predicted octanol–water partition coefficient (Wildman–Crippen LogP) is 3.58. The van der Waals surface area contributed by atoms with E-state index < -0.39 is 34.1 Å². The fourth-order valence-electron chi connectivity index (χ4n) is 3.05. The van der Waals surface area contributed by atoms with Gasteiger partial charge in [0.25, 0.3) is 0 Å². The SMILES string of the molecule is CS(=O)(=O)c1cccc(C2CCCN(CC(OC(=O)Cl)C(F)(F)F)C2)c1. The lowest BCUT2D eigenvalue weighted by molar-refractivity contribution is -0.206. The Morgan fingerprint density at radius 3 is 2.69 bits per heavy atom. The third-order valence-corrected chi connectivity index (χ3v) is 5.49. The Bertz CT molecular complexity index is 754. The number of hydrogen-bond donors (Lipinski definition) is 0. The second kappa shape index (κ2) is 8.14. The van der Waals surface area contributed by atoms with E-state index in [9.17, 15) is 26.4 Å². The summed E-state index contributed by atoms with van der Waals surface area (Å²) in [5.74, 6) is -0.106. The maximum atomic E-state index is 13.0. The summed E-state index contributed by atoms with van der Waals surface area (Å²) >= 11 is 4.94. The summed E-state index contributed by atoms with van der Waals surface area (Å²) in [5.41, 5.74) is -0.739. The van der Waals surface area contributed by atoms with Crippen LogP contribution in [0.4, 0.5) is 18.0 Å². The summed E-state index contributed by atoms with van der Waals surface area (Å²) < 4.78 is 66.6. The van der Waals surface area contributed by atoms with Crippen molar-refractivity contribution in [1.29, 1.82) is 0 Å². The van der Waals surface area contributed by atoms with Crippen molar-refractivity contribution in [3.05, 3.63) is 29.8 Å². The zero-order chi connectivity index (χ0) is 19.5. The number of benzene rings is 1. The fourth-order valence-corrected chi connectivity index (χ4v) is 3.83. The number of ether oxygens (including phenoxy) is 1. The van der Waals surface area contributed by atoms with Crippen LogP contribution in [-0.2, 0) is 14.6 Å². The second-order valence-corrected chi connectivity index (χ2v) is 8.65. The maximum Gasteiger partial charge on any atom is 0.426 e. The number of likely N-dealkylation sites (tertiary alicyclic amines) is 1. The molecule has 10 heteroatoms. The standard InChI is InChI=1S/C16H19ClF3NO4S/c1-26(23,24)13-6-2-4-11(8-13)12-5-3-7-21(9-12)10-14(16(18,19)20)25-15(17)22/h2,4,6,8,12,14H,3,5,7,9-10H2,1H3. The molecule has 0 bridgehead atoms. The first kappa shape index (κ1) is 21.0. The van der Waals surface area contributed by atoms with Gasteiger partial charge in [0.15, 0.2) is 9.84 Å². The van der Waals surface area contributed by atoms with Crippen LogP contribution in [0, 0.1) is 0 Å². The van der Waals surface area contributed by atoms with Crippen LogP contribution in [0.3, 0.4) is 0 Å². The molecule has 2 rings (SSSR count). The number of alkyl halides is 3. The topological polar surface area (TPSA) is 63.7 Å². The van der Waals surface area contributed by atoms with Crippen LogP contribution < -0.4 is 0 Å². The van der Waals surface area contributed by atoms with E-state index in [-0.39, 0.29) is 10.8 Å². The minimum atomic E-state index is -4.71. The van der Waals surface area contributed by atoms with E-state index in [0.29, 0.717) is 19.5 Å². The summed E-state index contributed by atoms with van der Waals surface area (Å²) in [6, 6.07) is 6.43. The molecule has 0 spiro atoms.